The molecule has 58 heavy (non-hydrogen) atoms. The number of unbranched alkanes of at least 4 members (excludes halogenated alkanes) is 24. The molecule has 0 aliphatic carbocycles. The molecule has 0 rings (SSSR count). The monoisotopic (exact) mass is 837 g/mol. The summed E-state index contributed by atoms with van der Waals surface area (Å²) < 4.78 is 0. The molecule has 14 heteroatoms. The molecular formula is C44H88N2O12. The Kier molecular flexibility index (Phi) is 43.4. The number of nitrogens with two attached hydrogens (primary N) is 2. The predicted molar refractivity (Wildman–Crippen MR) is 230 cm³/mol. The van der Waals surface area contributed by atoms with Crippen molar-refractivity contribution in [3.05, 3.63) is 24.3 Å². The second-order valence-electron chi connectivity index (χ2n) is 15.6. The summed E-state index contributed by atoms with van der Waals surface area (Å²) >= 11 is 0. The minimum atomic E-state index is -2.73. The number of aliphatic carboxylic acids is 2. The summed E-state index contributed by atoms with van der Waals surface area (Å²) in [5.74, 6) is -9.01. The highest BCUT2D eigenvalue weighted by atomic mass is 16.7. The first-order valence-electron chi connectivity index (χ1n) is 22.4. The van der Waals surface area contributed by atoms with Gasteiger partial charge in [0.25, 0.3) is 11.9 Å². The Bertz CT molecular complexity index is 893. The molecule has 14 N–H and O–H groups in total. The average molecular weight is 837 g/mol. The van der Waals surface area contributed by atoms with E-state index in [1.54, 1.807) is 0 Å². The van der Waals surface area contributed by atoms with Crippen LogP contribution in [0.4, 0.5) is 0 Å². The minimum absolute atomic E-state index is 0.435. The fourth-order valence-electron chi connectivity index (χ4n) is 5.88. The van der Waals surface area contributed by atoms with Crippen molar-refractivity contribution in [1.29, 1.82) is 0 Å². The Hall–Kier alpha value is -1.98. The predicted octanol–water partition coefficient (Wildman–Crippen LogP) is 6.62. The van der Waals surface area contributed by atoms with E-state index in [0.717, 1.165) is 38.5 Å². The van der Waals surface area contributed by atoms with Crippen LogP contribution in [0.3, 0.4) is 0 Å². The van der Waals surface area contributed by atoms with Crippen molar-refractivity contribution in [2.75, 3.05) is 0 Å². The van der Waals surface area contributed by atoms with E-state index in [-0.39, 0.29) is 0 Å². The van der Waals surface area contributed by atoms with Crippen molar-refractivity contribution in [3.63, 3.8) is 0 Å². The van der Waals surface area contributed by atoms with Crippen molar-refractivity contribution < 1.29 is 60.7 Å². The van der Waals surface area contributed by atoms with E-state index in [4.69, 9.17) is 62.5 Å². The lowest BCUT2D eigenvalue weighted by Crippen LogP contribution is -2.47. The highest BCUT2D eigenvalue weighted by Crippen LogP contribution is 2.15. The van der Waals surface area contributed by atoms with Gasteiger partial charge in [0, 0.05) is 0 Å². The van der Waals surface area contributed by atoms with E-state index >= 15 is 0 Å². The zero-order valence-electron chi connectivity index (χ0n) is 36.3. The van der Waals surface area contributed by atoms with Gasteiger partial charge >= 0.3 is 11.9 Å². The second kappa shape index (κ2) is 41.7. The van der Waals surface area contributed by atoms with E-state index in [1.807, 2.05) is 0 Å². The van der Waals surface area contributed by atoms with Crippen LogP contribution in [0, 0.1) is 0 Å². The zero-order chi connectivity index (χ0) is 44.5. The van der Waals surface area contributed by atoms with E-state index in [2.05, 4.69) is 38.2 Å². The molecule has 0 bridgehead atoms. The standard InChI is InChI=1S/2C20H41NO3.C4H6O6/c2*1-2-3-4-5-6-7-8-9-10-11-12-13-14-15-16-17-18-19(21)20(22,23)24;5-1(3(7)8)2(6)4(9)10/h2*9-10,19,22-24H,2-8,11-18,21H2,1H3;1-2,5-6H,(H,7,8)(H,9,10)/b2*10-9-;. The highest BCUT2D eigenvalue weighted by Gasteiger charge is 2.30. The van der Waals surface area contributed by atoms with Crippen molar-refractivity contribution in [2.24, 2.45) is 11.5 Å². The van der Waals surface area contributed by atoms with Gasteiger partial charge in [-0.05, 0) is 64.2 Å². The van der Waals surface area contributed by atoms with Crippen LogP contribution in [-0.2, 0) is 9.59 Å². The Morgan fingerprint density at radius 2 is 0.621 bits per heavy atom. The van der Waals surface area contributed by atoms with Gasteiger partial charge in [-0.3, -0.25) is 0 Å². The topological polar surface area (TPSA) is 288 Å². The number of carbonyl (C=O) groups is 2. The highest BCUT2D eigenvalue weighted by molar-refractivity contribution is 5.83. The molecule has 0 aliphatic rings. The van der Waals surface area contributed by atoms with E-state index < -0.39 is 48.2 Å². The van der Waals surface area contributed by atoms with Crippen LogP contribution in [0.5, 0.6) is 0 Å². The summed E-state index contributed by atoms with van der Waals surface area (Å²) in [7, 11) is 0. The first-order valence-corrected chi connectivity index (χ1v) is 22.4. The minimum Gasteiger partial charge on any atom is -0.479 e. The third kappa shape index (κ3) is 45.1. The molecule has 0 aromatic rings. The fourth-order valence-corrected chi connectivity index (χ4v) is 5.88. The molecule has 0 saturated carbocycles. The first-order chi connectivity index (χ1) is 27.4. The normalized spacial score (nSPS) is 14.1. The Balaban J connectivity index is -0.000000847. The quantitative estimate of drug-likeness (QED) is 0.0178. The molecule has 0 heterocycles. The molecule has 346 valence electrons. The van der Waals surface area contributed by atoms with Crippen LogP contribution < -0.4 is 11.5 Å². The SMILES string of the molecule is CCCCCCCC/C=C\CCCCCCCCC(N)C(O)(O)O.CCCCCCCC/C=C\CCCCCCCCC(N)C(O)(O)O.O=C(O)C(O)C(O)C(=O)O. The largest absolute Gasteiger partial charge is 0.479 e. The number of hydrogen-bond acceptors (Lipinski definition) is 12. The smallest absolute Gasteiger partial charge is 0.335 e. The maximum atomic E-state index is 9.77. The first kappa shape index (κ1) is 60.3. The maximum absolute atomic E-state index is 9.77. The summed E-state index contributed by atoms with van der Waals surface area (Å²) in [6, 6.07) is -1.96. The summed E-state index contributed by atoms with van der Waals surface area (Å²) in [6.45, 7) is 4.51. The Morgan fingerprint density at radius 3 is 0.828 bits per heavy atom. The lowest BCUT2D eigenvalue weighted by Gasteiger charge is -2.21. The molecule has 4 unspecified atom stereocenters. The van der Waals surface area contributed by atoms with Crippen molar-refractivity contribution in [1.82, 2.24) is 0 Å². The molecule has 0 amide bonds. The number of aliphatic hydroxyl groups is 8. The average Bonchev–Trinajstić information content (AvgIpc) is 3.16. The second-order valence-corrected chi connectivity index (χ2v) is 15.6. The van der Waals surface area contributed by atoms with Crippen molar-refractivity contribution in [3.8, 4) is 0 Å². The number of carboxylic acid groups (broad SMARTS) is 2. The van der Waals surface area contributed by atoms with Crippen LogP contribution in [0.2, 0.25) is 0 Å². The number of rotatable bonds is 37. The summed E-state index contributed by atoms with van der Waals surface area (Å²) in [6.07, 6.45) is 40.3. The van der Waals surface area contributed by atoms with Gasteiger partial charge in [0.15, 0.2) is 12.2 Å². The molecule has 0 fully saturated rings. The van der Waals surface area contributed by atoms with Gasteiger partial charge in [-0.1, -0.05) is 167 Å². The Labute approximate surface area is 350 Å². The third-order valence-electron chi connectivity index (χ3n) is 9.85. The number of aliphatic hydroxyl groups excluding tert-OH is 2. The van der Waals surface area contributed by atoms with Gasteiger partial charge in [-0.15, -0.1) is 0 Å². The molecule has 0 aromatic heterocycles. The molecule has 0 saturated heterocycles. The molecule has 4 atom stereocenters. The van der Waals surface area contributed by atoms with Gasteiger partial charge in [0.05, 0.1) is 12.1 Å². The van der Waals surface area contributed by atoms with Gasteiger partial charge in [0.1, 0.15) is 0 Å². The molecule has 0 aromatic carbocycles. The van der Waals surface area contributed by atoms with Crippen LogP contribution in [-0.4, -0.2) is 99.2 Å². The van der Waals surface area contributed by atoms with Crippen molar-refractivity contribution in [2.45, 2.75) is 243 Å². The lowest BCUT2D eigenvalue weighted by atomic mass is 10.0. The van der Waals surface area contributed by atoms with Crippen molar-refractivity contribution >= 4 is 11.9 Å². The van der Waals surface area contributed by atoms with Gasteiger partial charge < -0.3 is 62.5 Å². The van der Waals surface area contributed by atoms with Crippen LogP contribution >= 0.6 is 0 Å². The number of allylic oxidation sites excluding steroid dienone is 4. The summed E-state index contributed by atoms with van der Waals surface area (Å²) in [4.78, 5) is 19.5. The molecule has 0 radical (unpaired) electrons. The number of carboxylic acids is 2. The Morgan fingerprint density at radius 1 is 0.414 bits per heavy atom. The summed E-state index contributed by atoms with van der Waals surface area (Å²) in [5, 5.41) is 85.9. The molecular weight excluding hydrogens is 748 g/mol. The van der Waals surface area contributed by atoms with E-state index in [1.165, 1.54) is 141 Å². The van der Waals surface area contributed by atoms with Gasteiger partial charge in [-0.25, -0.2) is 9.59 Å². The lowest BCUT2D eigenvalue weighted by molar-refractivity contribution is -0.324. The maximum Gasteiger partial charge on any atom is 0.335 e. The fraction of sp³-hybridized carbons (Fsp3) is 0.864. The summed E-state index contributed by atoms with van der Waals surface area (Å²) in [5.41, 5.74) is 10.9. The van der Waals surface area contributed by atoms with E-state index in [0.29, 0.717) is 12.8 Å². The van der Waals surface area contributed by atoms with E-state index in [9.17, 15) is 9.59 Å². The van der Waals surface area contributed by atoms with Crippen LogP contribution in [0.15, 0.2) is 24.3 Å². The molecule has 14 nitrogen and oxygen atoms in total. The molecule has 0 spiro atoms. The van der Waals surface area contributed by atoms with Gasteiger partial charge in [-0.2, -0.15) is 0 Å². The van der Waals surface area contributed by atoms with Crippen LogP contribution in [0.1, 0.15) is 206 Å². The molecule has 0 aliphatic heterocycles. The third-order valence-corrected chi connectivity index (χ3v) is 9.85. The van der Waals surface area contributed by atoms with Crippen LogP contribution in [0.25, 0.3) is 0 Å². The van der Waals surface area contributed by atoms with Gasteiger partial charge in [0.2, 0.25) is 0 Å². The zero-order valence-corrected chi connectivity index (χ0v) is 36.3. The number of hydrogen-bond donors (Lipinski definition) is 12.